The lowest BCUT2D eigenvalue weighted by Gasteiger charge is -2.28. The van der Waals surface area contributed by atoms with Gasteiger partial charge in [0.15, 0.2) is 5.78 Å². The van der Waals surface area contributed by atoms with E-state index in [1.165, 1.54) is 71.1 Å². The van der Waals surface area contributed by atoms with E-state index >= 15 is 0 Å². The Morgan fingerprint density at radius 1 is 0.438 bits per heavy atom. The molecule has 0 heterocycles. The molecule has 1 fully saturated rings. The topological polar surface area (TPSA) is 293 Å². The molecule has 7 N–H and O–H groups in total. The van der Waals surface area contributed by atoms with Crippen LogP contribution in [-0.4, -0.2) is 169 Å². The van der Waals surface area contributed by atoms with Gasteiger partial charge in [-0.15, -0.1) is 0 Å². The van der Waals surface area contributed by atoms with E-state index < -0.39 is 18.0 Å². The summed E-state index contributed by atoms with van der Waals surface area (Å²) < 4.78 is 31.7. The highest BCUT2D eigenvalue weighted by Gasteiger charge is 2.30. The molecule has 1 aliphatic carbocycles. The molecule has 21 nitrogen and oxygen atoms in total. The minimum Gasteiger partial charge on any atom is -0.481 e. The zero-order valence-electron chi connectivity index (χ0n) is 44.1. The standard InChI is InChI=1S/C52H93N5O16/c1-42(58)39-71-35-32-69-30-27-54-48(61)41-73-37-34-70-31-28-55-49(62)40-72-36-33-68-29-26-53-47(60)25-24-45(52(66)67)57-51(65)44-22-20-43(21-23-44)38-56-46(59)18-16-14-12-10-8-6-4-2-3-5-7-9-11-13-15-17-19-50(63)64/h43-45H,2-41H2,1H3,(H,53,60)(H,54,61)(H,55,62)(H,56,59)(H,57,65)(H,63,64)(H,66,67)/t43-,44-,45-/m0/s1. The number of Topliss-reactive ketones (excluding diaryl/α,β-unsaturated/α-hetero) is 1. The SMILES string of the molecule is CC(=O)COCCOCCNC(=O)COCCOCCNC(=O)COCCOCCNC(=O)CC[C@H](NC(=O)[C@H]1CC[C@H](CNC(=O)CCCCCCCCCCCCCCCCCCC(=O)O)CC1)C(=O)O. The van der Waals surface area contributed by atoms with Crippen molar-refractivity contribution in [2.75, 3.05) is 105 Å². The minimum absolute atomic E-state index is 0.0526. The number of hydrogen-bond donors (Lipinski definition) is 7. The molecule has 21 heteroatoms. The monoisotopic (exact) mass is 1040 g/mol. The number of carboxylic acids is 2. The Kier molecular flexibility index (Phi) is 43.4. The first kappa shape index (κ1) is 66.7. The van der Waals surface area contributed by atoms with Gasteiger partial charge in [0.25, 0.3) is 0 Å². The van der Waals surface area contributed by atoms with E-state index in [1.807, 2.05) is 0 Å². The smallest absolute Gasteiger partial charge is 0.326 e. The van der Waals surface area contributed by atoms with Crippen LogP contribution >= 0.6 is 0 Å². The predicted molar refractivity (Wildman–Crippen MR) is 273 cm³/mol. The lowest BCUT2D eigenvalue weighted by molar-refractivity contribution is -0.143. The number of nitrogens with one attached hydrogen (secondary N) is 5. The van der Waals surface area contributed by atoms with Gasteiger partial charge in [-0.25, -0.2) is 4.79 Å². The molecular formula is C52H93N5O16. The summed E-state index contributed by atoms with van der Waals surface area (Å²) in [5.41, 5.74) is 0. The normalized spacial score (nSPS) is 14.8. The van der Waals surface area contributed by atoms with Crippen LogP contribution in [-0.2, 0) is 66.8 Å². The number of carbonyl (C=O) groups is 8. The molecular weight excluding hydrogens is 951 g/mol. The Hall–Kier alpha value is -4.28. The van der Waals surface area contributed by atoms with Crippen molar-refractivity contribution in [2.24, 2.45) is 11.8 Å². The second-order valence-electron chi connectivity index (χ2n) is 18.8. The summed E-state index contributed by atoms with van der Waals surface area (Å²) in [6.07, 6.45) is 22.1. The van der Waals surface area contributed by atoms with Crippen molar-refractivity contribution in [1.29, 1.82) is 0 Å². The van der Waals surface area contributed by atoms with Crippen LogP contribution in [0.25, 0.3) is 0 Å². The van der Waals surface area contributed by atoms with Crippen molar-refractivity contribution in [1.82, 2.24) is 26.6 Å². The van der Waals surface area contributed by atoms with Gasteiger partial charge in [-0.2, -0.15) is 0 Å². The van der Waals surface area contributed by atoms with Gasteiger partial charge in [-0.3, -0.25) is 33.6 Å². The van der Waals surface area contributed by atoms with Crippen LogP contribution in [0.2, 0.25) is 0 Å². The van der Waals surface area contributed by atoms with Crippen molar-refractivity contribution >= 4 is 47.3 Å². The summed E-state index contributed by atoms with van der Waals surface area (Å²) in [7, 11) is 0. The van der Waals surface area contributed by atoms with Crippen LogP contribution in [0.5, 0.6) is 0 Å². The first-order valence-electron chi connectivity index (χ1n) is 27.1. The van der Waals surface area contributed by atoms with Gasteiger partial charge in [0, 0.05) is 51.4 Å². The maximum atomic E-state index is 13.0. The minimum atomic E-state index is -1.20. The zero-order valence-corrected chi connectivity index (χ0v) is 44.1. The number of rotatable bonds is 51. The zero-order chi connectivity index (χ0) is 53.4. The van der Waals surface area contributed by atoms with Gasteiger partial charge in [0.05, 0.1) is 59.5 Å². The highest BCUT2D eigenvalue weighted by Crippen LogP contribution is 2.29. The molecule has 0 aromatic rings. The van der Waals surface area contributed by atoms with Crippen LogP contribution in [0.4, 0.5) is 0 Å². The van der Waals surface area contributed by atoms with Gasteiger partial charge in [0.1, 0.15) is 25.9 Å². The first-order valence-corrected chi connectivity index (χ1v) is 27.1. The van der Waals surface area contributed by atoms with Crippen molar-refractivity contribution in [3.8, 4) is 0 Å². The first-order chi connectivity index (χ1) is 35.4. The Morgan fingerprint density at radius 3 is 1.25 bits per heavy atom. The van der Waals surface area contributed by atoms with E-state index in [9.17, 15) is 43.5 Å². The van der Waals surface area contributed by atoms with E-state index in [0.29, 0.717) is 52.2 Å². The van der Waals surface area contributed by atoms with E-state index in [1.54, 1.807) is 0 Å². The average molecular weight is 1040 g/mol. The molecule has 0 aromatic heterocycles. The number of carboxylic acid groups (broad SMARTS) is 2. The third-order valence-electron chi connectivity index (χ3n) is 12.2. The lowest BCUT2D eigenvalue weighted by Crippen LogP contribution is -2.45. The van der Waals surface area contributed by atoms with E-state index in [4.69, 9.17) is 33.5 Å². The van der Waals surface area contributed by atoms with Crippen molar-refractivity contribution < 1.29 is 77.0 Å². The molecule has 0 bridgehead atoms. The quantitative estimate of drug-likeness (QED) is 0.0416. The number of aliphatic carboxylic acids is 2. The Balaban J connectivity index is 1.96. The summed E-state index contributed by atoms with van der Waals surface area (Å²) in [6, 6.07) is -1.19. The number of carbonyl (C=O) groups excluding carboxylic acids is 6. The highest BCUT2D eigenvalue weighted by atomic mass is 16.5. The molecule has 1 rings (SSSR count). The lowest BCUT2D eigenvalue weighted by atomic mass is 9.81. The summed E-state index contributed by atoms with van der Waals surface area (Å²) >= 11 is 0. The van der Waals surface area contributed by atoms with Crippen molar-refractivity contribution in [2.45, 2.75) is 167 Å². The second kappa shape index (κ2) is 47.4. The molecule has 0 aromatic carbocycles. The number of ketones is 1. The van der Waals surface area contributed by atoms with Crippen LogP contribution in [0.15, 0.2) is 0 Å². The van der Waals surface area contributed by atoms with Gasteiger partial charge < -0.3 is 65.2 Å². The Labute approximate surface area is 434 Å². The third-order valence-corrected chi connectivity index (χ3v) is 12.2. The Bertz CT molecular complexity index is 1500. The fourth-order valence-electron chi connectivity index (χ4n) is 8.02. The maximum Gasteiger partial charge on any atom is 0.326 e. The van der Waals surface area contributed by atoms with Crippen molar-refractivity contribution in [3.63, 3.8) is 0 Å². The number of ether oxygens (including phenoxy) is 6. The van der Waals surface area contributed by atoms with E-state index in [-0.39, 0.29) is 139 Å². The number of unbranched alkanes of at least 4 members (excludes halogenated alkanes) is 15. The van der Waals surface area contributed by atoms with Crippen LogP contribution < -0.4 is 26.6 Å². The number of hydrogen-bond acceptors (Lipinski definition) is 14. The fourth-order valence-corrected chi connectivity index (χ4v) is 8.02. The van der Waals surface area contributed by atoms with Crippen LogP contribution in [0.3, 0.4) is 0 Å². The largest absolute Gasteiger partial charge is 0.481 e. The van der Waals surface area contributed by atoms with Gasteiger partial charge >= 0.3 is 11.9 Å². The van der Waals surface area contributed by atoms with Gasteiger partial charge in [-0.05, 0) is 57.8 Å². The molecule has 0 unspecified atom stereocenters. The average Bonchev–Trinajstić information content (AvgIpc) is 3.36. The molecule has 73 heavy (non-hydrogen) atoms. The molecule has 5 amide bonds. The molecule has 0 saturated heterocycles. The second-order valence-corrected chi connectivity index (χ2v) is 18.8. The molecule has 0 radical (unpaired) electrons. The molecule has 422 valence electrons. The van der Waals surface area contributed by atoms with Gasteiger partial charge in [0.2, 0.25) is 29.5 Å². The van der Waals surface area contributed by atoms with E-state index in [2.05, 4.69) is 26.6 Å². The van der Waals surface area contributed by atoms with Crippen LogP contribution in [0.1, 0.15) is 161 Å². The van der Waals surface area contributed by atoms with Crippen LogP contribution in [0, 0.1) is 11.8 Å². The molecule has 0 aliphatic heterocycles. The third kappa shape index (κ3) is 43.8. The maximum absolute atomic E-state index is 13.0. The summed E-state index contributed by atoms with van der Waals surface area (Å²) in [5, 5.41) is 32.1. The number of amides is 5. The van der Waals surface area contributed by atoms with Gasteiger partial charge in [-0.1, -0.05) is 89.9 Å². The van der Waals surface area contributed by atoms with Crippen molar-refractivity contribution in [3.05, 3.63) is 0 Å². The summed E-state index contributed by atoms with van der Waals surface area (Å²) in [4.78, 5) is 94.7. The van der Waals surface area contributed by atoms with E-state index in [0.717, 1.165) is 51.4 Å². The predicted octanol–water partition coefficient (Wildman–Crippen LogP) is 4.40. The summed E-state index contributed by atoms with van der Waals surface area (Å²) in [6.45, 7) is 4.67. The summed E-state index contributed by atoms with van der Waals surface area (Å²) in [5.74, 6) is -3.25. The molecule has 1 aliphatic rings. The highest BCUT2D eigenvalue weighted by molar-refractivity contribution is 5.86. The fraction of sp³-hybridized carbons (Fsp3) is 0.846. The molecule has 1 atom stereocenters. The molecule has 0 spiro atoms. The molecule has 1 saturated carbocycles. The Morgan fingerprint density at radius 2 is 0.822 bits per heavy atom.